The van der Waals surface area contributed by atoms with Crippen LogP contribution in [0.15, 0.2) is 23.1 Å². The van der Waals surface area contributed by atoms with E-state index in [0.29, 0.717) is 11.4 Å². The minimum Gasteiger partial charge on any atom is -0.497 e. The van der Waals surface area contributed by atoms with Gasteiger partial charge >= 0.3 is 6.03 Å². The third kappa shape index (κ3) is 5.40. The summed E-state index contributed by atoms with van der Waals surface area (Å²) in [5.74, 6) is 0.387. The Morgan fingerprint density at radius 1 is 1.40 bits per heavy atom. The van der Waals surface area contributed by atoms with E-state index in [0.717, 1.165) is 4.90 Å². The Morgan fingerprint density at radius 3 is 2.70 bits per heavy atom. The number of urea groups is 1. The van der Waals surface area contributed by atoms with Crippen LogP contribution in [-0.2, 0) is 4.79 Å². The summed E-state index contributed by atoms with van der Waals surface area (Å²) in [4.78, 5) is 23.7. The molecule has 6 nitrogen and oxygen atoms in total. The fourth-order valence-electron chi connectivity index (χ4n) is 1.37. The number of ether oxygens (including phenoxy) is 1. The Morgan fingerprint density at radius 2 is 2.10 bits per heavy atom. The average Bonchev–Trinajstić information content (AvgIpc) is 2.36. The molecule has 0 saturated carbocycles. The third-order valence-electron chi connectivity index (χ3n) is 2.25. The summed E-state index contributed by atoms with van der Waals surface area (Å²) in [6.45, 7) is 3.63. The van der Waals surface area contributed by atoms with Gasteiger partial charge in [0.25, 0.3) is 0 Å². The predicted octanol–water partition coefficient (Wildman–Crippen LogP) is 1.60. The molecule has 0 atom stereocenters. The van der Waals surface area contributed by atoms with E-state index in [1.807, 2.05) is 13.8 Å². The summed E-state index contributed by atoms with van der Waals surface area (Å²) in [5, 5.41) is 4.82. The topological polar surface area (TPSA) is 93.4 Å². The van der Waals surface area contributed by atoms with E-state index < -0.39 is 6.03 Å². The van der Waals surface area contributed by atoms with Crippen molar-refractivity contribution in [3.63, 3.8) is 0 Å². The highest BCUT2D eigenvalue weighted by atomic mass is 32.2. The predicted molar refractivity (Wildman–Crippen MR) is 79.9 cm³/mol. The molecule has 1 aromatic rings. The van der Waals surface area contributed by atoms with Gasteiger partial charge in [-0.1, -0.05) is 0 Å². The van der Waals surface area contributed by atoms with Crippen molar-refractivity contribution in [2.75, 3.05) is 18.6 Å². The van der Waals surface area contributed by atoms with Crippen LogP contribution in [0.3, 0.4) is 0 Å². The van der Waals surface area contributed by atoms with Crippen molar-refractivity contribution in [3.05, 3.63) is 18.2 Å². The second-order valence-corrected chi connectivity index (χ2v) is 5.39. The Bertz CT molecular complexity index is 492. The lowest BCUT2D eigenvalue weighted by Gasteiger charge is -2.10. The molecule has 0 radical (unpaired) electrons. The molecule has 0 saturated heterocycles. The molecule has 20 heavy (non-hydrogen) atoms. The smallest absolute Gasteiger partial charge is 0.321 e. The number of methoxy groups -OCH3 is 1. The van der Waals surface area contributed by atoms with Crippen molar-refractivity contribution in [2.45, 2.75) is 24.8 Å². The number of carbonyl (C=O) groups is 2. The molecule has 7 heteroatoms. The first-order valence-corrected chi connectivity index (χ1v) is 7.07. The Balaban J connectivity index is 2.50. The molecule has 1 aromatic carbocycles. The standard InChI is InChI=1S/C13H19N3O3S/c1-8(2)15-13(18)16-12(17)7-20-11-6-9(19-3)4-5-10(11)14/h4-6,8H,7,14H2,1-3H3,(H2,15,16,17,18). The van der Waals surface area contributed by atoms with Crippen LogP contribution in [0.2, 0.25) is 0 Å². The molecule has 0 aliphatic rings. The van der Waals surface area contributed by atoms with Crippen LogP contribution in [0.1, 0.15) is 13.8 Å². The maximum Gasteiger partial charge on any atom is 0.321 e. The van der Waals surface area contributed by atoms with Crippen LogP contribution in [0.25, 0.3) is 0 Å². The Labute approximate surface area is 122 Å². The monoisotopic (exact) mass is 297 g/mol. The molecular formula is C13H19N3O3S. The van der Waals surface area contributed by atoms with Gasteiger partial charge in [0.2, 0.25) is 5.91 Å². The van der Waals surface area contributed by atoms with Crippen LogP contribution in [0, 0.1) is 0 Å². The molecule has 0 aliphatic heterocycles. The number of nitrogens with two attached hydrogens (primary N) is 1. The Hall–Kier alpha value is -1.89. The molecule has 1 rings (SSSR count). The number of amides is 3. The number of hydrogen-bond acceptors (Lipinski definition) is 5. The van der Waals surface area contributed by atoms with Crippen molar-refractivity contribution in [3.8, 4) is 5.75 Å². The van der Waals surface area contributed by atoms with Gasteiger partial charge in [0.1, 0.15) is 5.75 Å². The van der Waals surface area contributed by atoms with Crippen LogP contribution in [0.4, 0.5) is 10.5 Å². The number of benzene rings is 1. The number of nitrogens with one attached hydrogen (secondary N) is 2. The van der Waals surface area contributed by atoms with Gasteiger partial charge in [0, 0.05) is 16.6 Å². The van der Waals surface area contributed by atoms with Crippen LogP contribution in [0.5, 0.6) is 5.75 Å². The van der Waals surface area contributed by atoms with Crippen molar-refractivity contribution < 1.29 is 14.3 Å². The van der Waals surface area contributed by atoms with Gasteiger partial charge in [-0.3, -0.25) is 10.1 Å². The Kier molecular flexibility index (Phi) is 6.17. The molecule has 0 aromatic heterocycles. The maximum absolute atomic E-state index is 11.6. The quantitative estimate of drug-likeness (QED) is 0.567. The number of rotatable bonds is 5. The normalized spacial score (nSPS) is 10.2. The molecule has 0 unspecified atom stereocenters. The number of thioether (sulfide) groups is 1. The van der Waals surface area contributed by atoms with E-state index in [1.54, 1.807) is 25.3 Å². The summed E-state index contributed by atoms with van der Waals surface area (Å²) in [6, 6.07) is 4.69. The maximum atomic E-state index is 11.6. The average molecular weight is 297 g/mol. The van der Waals surface area contributed by atoms with E-state index in [4.69, 9.17) is 10.5 Å². The zero-order valence-corrected chi connectivity index (χ0v) is 12.5. The van der Waals surface area contributed by atoms with E-state index in [2.05, 4.69) is 10.6 Å². The van der Waals surface area contributed by atoms with E-state index in [1.165, 1.54) is 11.8 Å². The molecule has 110 valence electrons. The van der Waals surface area contributed by atoms with E-state index in [-0.39, 0.29) is 17.7 Å². The zero-order chi connectivity index (χ0) is 15.1. The highest BCUT2D eigenvalue weighted by Crippen LogP contribution is 2.28. The lowest BCUT2D eigenvalue weighted by molar-refractivity contribution is -0.117. The molecule has 0 spiro atoms. The summed E-state index contributed by atoms with van der Waals surface area (Å²) >= 11 is 1.25. The molecule has 0 aliphatic carbocycles. The molecule has 0 bridgehead atoms. The van der Waals surface area contributed by atoms with Gasteiger partial charge in [0.05, 0.1) is 12.9 Å². The SMILES string of the molecule is COc1ccc(N)c(SCC(=O)NC(=O)NC(C)C)c1. The van der Waals surface area contributed by atoms with E-state index >= 15 is 0 Å². The van der Waals surface area contributed by atoms with Gasteiger partial charge in [-0.25, -0.2) is 4.79 Å². The van der Waals surface area contributed by atoms with Crippen molar-refractivity contribution in [1.29, 1.82) is 0 Å². The van der Waals surface area contributed by atoms with Gasteiger partial charge in [0.15, 0.2) is 0 Å². The zero-order valence-electron chi connectivity index (χ0n) is 11.7. The summed E-state index contributed by atoms with van der Waals surface area (Å²) in [6.07, 6.45) is 0. The number of imide groups is 1. The first kappa shape index (κ1) is 16.2. The van der Waals surface area contributed by atoms with Gasteiger partial charge in [-0.2, -0.15) is 0 Å². The number of carbonyl (C=O) groups excluding carboxylic acids is 2. The van der Waals surface area contributed by atoms with Crippen molar-refractivity contribution in [1.82, 2.24) is 10.6 Å². The lowest BCUT2D eigenvalue weighted by Crippen LogP contribution is -2.43. The van der Waals surface area contributed by atoms with Crippen LogP contribution < -0.4 is 21.1 Å². The first-order valence-electron chi connectivity index (χ1n) is 6.09. The third-order valence-corrected chi connectivity index (χ3v) is 3.32. The highest BCUT2D eigenvalue weighted by molar-refractivity contribution is 8.00. The first-order chi connectivity index (χ1) is 9.42. The fourth-order valence-corrected chi connectivity index (χ4v) is 2.16. The van der Waals surface area contributed by atoms with Crippen molar-refractivity contribution >= 4 is 29.4 Å². The summed E-state index contributed by atoms with van der Waals surface area (Å²) in [7, 11) is 1.56. The number of nitrogen functional groups attached to an aromatic ring is 1. The molecular weight excluding hydrogens is 278 g/mol. The fraction of sp³-hybridized carbons (Fsp3) is 0.385. The minimum atomic E-state index is -0.496. The highest BCUT2D eigenvalue weighted by Gasteiger charge is 2.10. The van der Waals surface area contributed by atoms with Gasteiger partial charge in [-0.05, 0) is 32.0 Å². The molecule has 0 fully saturated rings. The van der Waals surface area contributed by atoms with Crippen LogP contribution in [-0.4, -0.2) is 30.8 Å². The van der Waals surface area contributed by atoms with Crippen molar-refractivity contribution in [2.24, 2.45) is 0 Å². The summed E-state index contributed by atoms with van der Waals surface area (Å²) in [5.41, 5.74) is 6.38. The minimum absolute atomic E-state index is 0.0236. The molecule has 4 N–H and O–H groups in total. The molecule has 3 amide bonds. The second-order valence-electron chi connectivity index (χ2n) is 4.37. The largest absolute Gasteiger partial charge is 0.497 e. The second kappa shape index (κ2) is 7.64. The lowest BCUT2D eigenvalue weighted by atomic mass is 10.3. The number of hydrogen-bond donors (Lipinski definition) is 3. The van der Waals surface area contributed by atoms with E-state index in [9.17, 15) is 9.59 Å². The van der Waals surface area contributed by atoms with Gasteiger partial charge in [-0.15, -0.1) is 11.8 Å². The summed E-state index contributed by atoms with van der Waals surface area (Å²) < 4.78 is 5.09. The molecule has 0 heterocycles. The van der Waals surface area contributed by atoms with Crippen LogP contribution >= 0.6 is 11.8 Å². The number of anilines is 1. The van der Waals surface area contributed by atoms with Gasteiger partial charge < -0.3 is 15.8 Å².